The number of carbonyl (C=O) groups is 1. The number of halogens is 3. The fourth-order valence-corrected chi connectivity index (χ4v) is 5.62. The summed E-state index contributed by atoms with van der Waals surface area (Å²) in [6.07, 6.45) is 0.575. The second-order valence-corrected chi connectivity index (χ2v) is 9.80. The summed E-state index contributed by atoms with van der Waals surface area (Å²) >= 11 is 0. The highest BCUT2D eigenvalue weighted by Crippen LogP contribution is 2.46. The maximum Gasteiger partial charge on any atom is 0.573 e. The predicted molar refractivity (Wildman–Crippen MR) is 113 cm³/mol. The summed E-state index contributed by atoms with van der Waals surface area (Å²) in [5, 5.41) is 16.0. The van der Waals surface area contributed by atoms with Crippen LogP contribution in [0.3, 0.4) is 0 Å². The molecule has 4 rings (SSSR count). The minimum absolute atomic E-state index is 0.0269. The van der Waals surface area contributed by atoms with E-state index in [2.05, 4.69) is 23.9 Å². The Morgan fingerprint density at radius 1 is 1.30 bits per heavy atom. The first-order valence-electron chi connectivity index (χ1n) is 11.7. The van der Waals surface area contributed by atoms with E-state index >= 15 is 0 Å². The molecule has 1 saturated heterocycles. The standard InChI is InChI=1S/C23H32F3N3O4/c1-15(2)22(7-3-18(12-22)27-17-5-9-32-10-6-17)21(30)28-8-4-20-16(13-28)11-19(14-29(20)31)33-23(24,25)26/h11,14-15,17-18,27H,3-10,12-13H2,1-2H3/t18-,22+/m1/s1. The van der Waals surface area contributed by atoms with E-state index in [1.54, 1.807) is 4.90 Å². The van der Waals surface area contributed by atoms with E-state index in [9.17, 15) is 23.2 Å². The molecular formula is C23H32F3N3O4. The molecule has 2 atom stereocenters. The largest absolute Gasteiger partial charge is 0.618 e. The normalized spacial score (nSPS) is 26.5. The lowest BCUT2D eigenvalue weighted by Crippen LogP contribution is -2.50. The Labute approximate surface area is 191 Å². The minimum Gasteiger partial charge on any atom is -0.618 e. The summed E-state index contributed by atoms with van der Waals surface area (Å²) in [7, 11) is 0. The van der Waals surface area contributed by atoms with Crippen molar-refractivity contribution in [2.45, 2.75) is 77.4 Å². The van der Waals surface area contributed by atoms with E-state index in [0.29, 0.717) is 35.0 Å². The summed E-state index contributed by atoms with van der Waals surface area (Å²) in [5.74, 6) is -0.415. The van der Waals surface area contributed by atoms with Crippen LogP contribution in [0.4, 0.5) is 13.2 Å². The monoisotopic (exact) mass is 471 g/mol. The first-order chi connectivity index (χ1) is 15.6. The zero-order chi connectivity index (χ0) is 23.8. The molecule has 0 bridgehead atoms. The van der Waals surface area contributed by atoms with Gasteiger partial charge in [-0.3, -0.25) is 4.79 Å². The molecule has 2 fully saturated rings. The molecule has 3 aliphatic rings. The topological polar surface area (TPSA) is 77.7 Å². The third kappa shape index (κ3) is 5.21. The van der Waals surface area contributed by atoms with Crippen LogP contribution in [0.5, 0.6) is 5.75 Å². The molecule has 1 aliphatic carbocycles. The lowest BCUT2D eigenvalue weighted by molar-refractivity contribution is -0.615. The van der Waals surface area contributed by atoms with E-state index < -0.39 is 17.5 Å². The molecule has 0 spiro atoms. The van der Waals surface area contributed by atoms with Crippen molar-refractivity contribution >= 4 is 5.91 Å². The van der Waals surface area contributed by atoms with Crippen LogP contribution in [0.1, 0.15) is 57.2 Å². The maximum atomic E-state index is 13.8. The first-order valence-corrected chi connectivity index (χ1v) is 11.7. The quantitative estimate of drug-likeness (QED) is 0.528. The van der Waals surface area contributed by atoms with E-state index in [1.165, 1.54) is 6.07 Å². The number of hydrogen-bond donors (Lipinski definition) is 1. The highest BCUT2D eigenvalue weighted by atomic mass is 19.4. The Bertz CT molecular complexity index is 873. The van der Waals surface area contributed by atoms with Gasteiger partial charge in [0.25, 0.3) is 0 Å². The Balaban J connectivity index is 1.49. The molecule has 184 valence electrons. The average molecular weight is 472 g/mol. The molecule has 1 amide bonds. The van der Waals surface area contributed by atoms with Gasteiger partial charge in [-0.05, 0) is 44.1 Å². The highest BCUT2D eigenvalue weighted by molar-refractivity contribution is 5.83. The van der Waals surface area contributed by atoms with Crippen LogP contribution in [0.15, 0.2) is 12.3 Å². The lowest BCUT2D eigenvalue weighted by atomic mass is 9.74. The molecule has 1 N–H and O–H groups in total. The average Bonchev–Trinajstić information content (AvgIpc) is 3.17. The number of hydrogen-bond acceptors (Lipinski definition) is 5. The second kappa shape index (κ2) is 9.29. The van der Waals surface area contributed by atoms with Gasteiger partial charge in [-0.2, -0.15) is 4.73 Å². The molecule has 33 heavy (non-hydrogen) atoms. The van der Waals surface area contributed by atoms with Gasteiger partial charge in [0.15, 0.2) is 11.4 Å². The SMILES string of the molecule is CC(C)[C@]1(C(=O)N2CCc3c(cc(OC(F)(F)F)c[n+]3[O-])C2)CC[C@@H](NC2CCOCC2)C1. The molecule has 1 saturated carbocycles. The van der Waals surface area contributed by atoms with Crippen LogP contribution < -0.4 is 14.8 Å². The van der Waals surface area contributed by atoms with E-state index in [-0.39, 0.29) is 24.4 Å². The van der Waals surface area contributed by atoms with Crippen LogP contribution >= 0.6 is 0 Å². The summed E-state index contributed by atoms with van der Waals surface area (Å²) in [5.41, 5.74) is 0.270. The predicted octanol–water partition coefficient (Wildman–Crippen LogP) is 3.07. The van der Waals surface area contributed by atoms with E-state index in [1.807, 2.05) is 0 Å². The van der Waals surface area contributed by atoms with Gasteiger partial charge in [-0.15, -0.1) is 13.2 Å². The van der Waals surface area contributed by atoms with Gasteiger partial charge >= 0.3 is 6.36 Å². The number of rotatable bonds is 5. The van der Waals surface area contributed by atoms with Crippen LogP contribution in [0, 0.1) is 16.5 Å². The van der Waals surface area contributed by atoms with Crippen molar-refractivity contribution in [2.24, 2.45) is 11.3 Å². The van der Waals surface area contributed by atoms with Crippen molar-refractivity contribution in [3.05, 3.63) is 28.7 Å². The molecule has 10 heteroatoms. The van der Waals surface area contributed by atoms with Crippen molar-refractivity contribution in [1.82, 2.24) is 10.2 Å². The Morgan fingerprint density at radius 3 is 2.70 bits per heavy atom. The van der Waals surface area contributed by atoms with Crippen molar-refractivity contribution in [2.75, 3.05) is 19.8 Å². The van der Waals surface area contributed by atoms with E-state index in [0.717, 1.165) is 51.5 Å². The highest BCUT2D eigenvalue weighted by Gasteiger charge is 2.50. The van der Waals surface area contributed by atoms with Gasteiger partial charge in [0, 0.05) is 37.4 Å². The van der Waals surface area contributed by atoms with Gasteiger partial charge < -0.3 is 24.9 Å². The number of nitrogens with one attached hydrogen (secondary N) is 1. The van der Waals surface area contributed by atoms with Crippen molar-refractivity contribution in [3.8, 4) is 5.75 Å². The molecule has 3 heterocycles. The zero-order valence-electron chi connectivity index (χ0n) is 19.1. The molecular weight excluding hydrogens is 439 g/mol. The summed E-state index contributed by atoms with van der Waals surface area (Å²) in [4.78, 5) is 15.5. The van der Waals surface area contributed by atoms with Crippen LogP contribution in [-0.4, -0.2) is 49.0 Å². The summed E-state index contributed by atoms with van der Waals surface area (Å²) in [6, 6.07) is 1.89. The van der Waals surface area contributed by atoms with Gasteiger partial charge in [0.1, 0.15) is 0 Å². The molecule has 1 aromatic heterocycles. The second-order valence-electron chi connectivity index (χ2n) is 9.80. The van der Waals surface area contributed by atoms with Crippen LogP contribution in [0.25, 0.3) is 0 Å². The number of ether oxygens (including phenoxy) is 2. The molecule has 0 unspecified atom stereocenters. The molecule has 0 aromatic carbocycles. The Morgan fingerprint density at radius 2 is 2.03 bits per heavy atom. The number of nitrogens with zero attached hydrogens (tertiary/aromatic N) is 2. The molecule has 1 aromatic rings. The van der Waals surface area contributed by atoms with Crippen LogP contribution in [0.2, 0.25) is 0 Å². The Kier molecular flexibility index (Phi) is 6.77. The molecule has 0 radical (unpaired) electrons. The number of amides is 1. The van der Waals surface area contributed by atoms with Gasteiger partial charge in [0.2, 0.25) is 12.1 Å². The third-order valence-corrected chi connectivity index (χ3v) is 7.47. The fraction of sp³-hybridized carbons (Fsp3) is 0.739. The van der Waals surface area contributed by atoms with Crippen molar-refractivity contribution in [3.63, 3.8) is 0 Å². The number of fused-ring (bicyclic) bond motifs is 1. The minimum atomic E-state index is -4.89. The number of pyridine rings is 1. The van der Waals surface area contributed by atoms with E-state index in [4.69, 9.17) is 4.74 Å². The maximum absolute atomic E-state index is 13.8. The Hall–Kier alpha value is -2.07. The van der Waals surface area contributed by atoms with Crippen molar-refractivity contribution < 1.29 is 32.2 Å². The lowest BCUT2D eigenvalue weighted by Gasteiger charge is -2.39. The number of aromatic nitrogens is 1. The van der Waals surface area contributed by atoms with Gasteiger partial charge in [-0.25, -0.2) is 0 Å². The first kappa shape index (κ1) is 24.1. The summed E-state index contributed by atoms with van der Waals surface area (Å²) in [6.45, 7) is 6.12. The molecule has 2 aliphatic heterocycles. The van der Waals surface area contributed by atoms with Crippen LogP contribution in [-0.2, 0) is 22.5 Å². The third-order valence-electron chi connectivity index (χ3n) is 7.47. The number of carbonyl (C=O) groups excluding carboxylic acids is 1. The van der Waals surface area contributed by atoms with Gasteiger partial charge in [-0.1, -0.05) is 13.8 Å². The number of alkyl halides is 3. The zero-order valence-corrected chi connectivity index (χ0v) is 19.1. The smallest absolute Gasteiger partial charge is 0.573 e. The van der Waals surface area contributed by atoms with Gasteiger partial charge in [0.05, 0.1) is 18.4 Å². The summed E-state index contributed by atoms with van der Waals surface area (Å²) < 4.78 is 47.8. The fourth-order valence-electron chi connectivity index (χ4n) is 5.62. The molecule has 7 nitrogen and oxygen atoms in total. The van der Waals surface area contributed by atoms with Crippen molar-refractivity contribution in [1.29, 1.82) is 0 Å².